The monoisotopic (exact) mass is 423 g/mol. The third-order valence-corrected chi connectivity index (χ3v) is 6.02. The number of anilines is 1. The van der Waals surface area contributed by atoms with Gasteiger partial charge in [-0.05, 0) is 55.7 Å². The van der Waals surface area contributed by atoms with E-state index in [1.165, 1.54) is 0 Å². The largest absolute Gasteiger partial charge is 0.481 e. The average Bonchev–Trinajstić information content (AvgIpc) is 2.66. The fourth-order valence-corrected chi connectivity index (χ4v) is 4.17. The molecule has 0 atom stereocenters. The smallest absolute Gasteiger partial charge is 0.341 e. The van der Waals surface area contributed by atoms with Crippen LogP contribution in [0.3, 0.4) is 0 Å². The Morgan fingerprint density at radius 2 is 1.82 bits per heavy atom. The zero-order valence-electron chi connectivity index (χ0n) is 15.5. The molecule has 3 rings (SSSR count). The van der Waals surface area contributed by atoms with Crippen molar-refractivity contribution in [1.29, 1.82) is 0 Å². The zero-order chi connectivity index (χ0) is 20.3. The first-order valence-electron chi connectivity index (χ1n) is 8.99. The first-order chi connectivity index (χ1) is 13.3. The summed E-state index contributed by atoms with van der Waals surface area (Å²) >= 11 is 6.19. The van der Waals surface area contributed by atoms with Gasteiger partial charge in [0.25, 0.3) is 0 Å². The minimum absolute atomic E-state index is 0.187. The molecule has 8 heteroatoms. The highest BCUT2D eigenvalue weighted by Gasteiger charge is 2.21. The summed E-state index contributed by atoms with van der Waals surface area (Å²) in [6, 6.07) is 9.91. The van der Waals surface area contributed by atoms with Crippen molar-refractivity contribution < 1.29 is 23.1 Å². The summed E-state index contributed by atoms with van der Waals surface area (Å²) in [5.41, 5.74) is 2.11. The first kappa shape index (κ1) is 20.5. The van der Waals surface area contributed by atoms with Gasteiger partial charge in [-0.3, -0.25) is 0 Å². The lowest BCUT2D eigenvalue weighted by Gasteiger charge is -2.31. The van der Waals surface area contributed by atoms with Crippen molar-refractivity contribution in [3.8, 4) is 16.9 Å². The predicted octanol–water partition coefficient (Wildman–Crippen LogP) is 3.86. The number of carboxylic acids is 1. The van der Waals surface area contributed by atoms with Gasteiger partial charge < -0.3 is 14.7 Å². The van der Waals surface area contributed by atoms with E-state index in [1.54, 1.807) is 36.4 Å². The maximum absolute atomic E-state index is 12.1. The fourth-order valence-electron chi connectivity index (χ4n) is 3.35. The highest BCUT2D eigenvalue weighted by molar-refractivity contribution is 7.90. The van der Waals surface area contributed by atoms with Crippen LogP contribution in [0.1, 0.15) is 19.3 Å². The van der Waals surface area contributed by atoms with Gasteiger partial charge in [0.2, 0.25) is 0 Å². The number of hydrogen-bond acceptors (Lipinski definition) is 5. The Labute approximate surface area is 169 Å². The highest BCUT2D eigenvalue weighted by Crippen LogP contribution is 2.40. The molecule has 1 fully saturated rings. The van der Waals surface area contributed by atoms with E-state index in [9.17, 15) is 13.2 Å². The molecule has 0 bridgehead atoms. The number of halogens is 1. The number of piperidine rings is 1. The van der Waals surface area contributed by atoms with Gasteiger partial charge in [0, 0.05) is 41.2 Å². The number of nitrogens with zero attached hydrogens (tertiary/aromatic N) is 1. The van der Waals surface area contributed by atoms with Gasteiger partial charge in [-0.2, -0.15) is 0 Å². The van der Waals surface area contributed by atoms with Gasteiger partial charge in [0.05, 0.1) is 4.90 Å². The lowest BCUT2D eigenvalue weighted by molar-refractivity contribution is -0.139. The van der Waals surface area contributed by atoms with E-state index in [1.807, 2.05) is 0 Å². The van der Waals surface area contributed by atoms with Crippen LogP contribution in [0.2, 0.25) is 5.02 Å². The molecule has 0 radical (unpaired) electrons. The van der Waals surface area contributed by atoms with Crippen LogP contribution < -0.4 is 9.64 Å². The van der Waals surface area contributed by atoms with Crippen molar-refractivity contribution >= 4 is 33.1 Å². The Kier molecular flexibility index (Phi) is 6.15. The standard InChI is InChI=1S/C20H22ClNO5S/c1-28(25,26)15-6-7-18(22-9-3-2-4-10-22)16(12-15)17-11-14(21)5-8-19(17)27-13-20(23)24/h5-8,11-12H,2-4,9-10,13H2,1H3,(H,23,24). The molecule has 0 aliphatic carbocycles. The lowest BCUT2D eigenvalue weighted by atomic mass is 10.00. The molecule has 0 amide bonds. The molecular formula is C20H22ClNO5S. The van der Waals surface area contributed by atoms with Crippen molar-refractivity contribution in [3.63, 3.8) is 0 Å². The number of hydrogen-bond donors (Lipinski definition) is 1. The van der Waals surface area contributed by atoms with Crippen LogP contribution in [0, 0.1) is 0 Å². The molecule has 0 spiro atoms. The Morgan fingerprint density at radius 1 is 1.11 bits per heavy atom. The Hall–Kier alpha value is -2.25. The van der Waals surface area contributed by atoms with Gasteiger partial charge in [0.15, 0.2) is 16.4 Å². The molecule has 1 aliphatic rings. The fraction of sp³-hybridized carbons (Fsp3) is 0.350. The van der Waals surface area contributed by atoms with Gasteiger partial charge in [-0.1, -0.05) is 11.6 Å². The number of ether oxygens (including phenoxy) is 1. The first-order valence-corrected chi connectivity index (χ1v) is 11.3. The normalized spacial score (nSPS) is 14.7. The molecule has 150 valence electrons. The SMILES string of the molecule is CS(=O)(=O)c1ccc(N2CCCCC2)c(-c2cc(Cl)ccc2OCC(=O)O)c1. The minimum Gasteiger partial charge on any atom is -0.481 e. The van der Waals surface area contributed by atoms with Gasteiger partial charge in [0.1, 0.15) is 5.75 Å². The number of carboxylic acid groups (broad SMARTS) is 1. The van der Waals surface area contributed by atoms with Crippen LogP contribution in [-0.4, -0.2) is 45.4 Å². The quantitative estimate of drug-likeness (QED) is 0.759. The summed E-state index contributed by atoms with van der Waals surface area (Å²) < 4.78 is 29.7. The molecular weight excluding hydrogens is 402 g/mol. The summed E-state index contributed by atoms with van der Waals surface area (Å²) in [6.07, 6.45) is 4.44. The summed E-state index contributed by atoms with van der Waals surface area (Å²) in [7, 11) is -3.42. The van der Waals surface area contributed by atoms with Crippen LogP contribution in [0.15, 0.2) is 41.3 Å². The number of benzene rings is 2. The van der Waals surface area contributed by atoms with Crippen molar-refractivity contribution in [3.05, 3.63) is 41.4 Å². The van der Waals surface area contributed by atoms with Crippen LogP contribution in [-0.2, 0) is 14.6 Å². The molecule has 2 aromatic carbocycles. The number of sulfone groups is 1. The van der Waals surface area contributed by atoms with Crippen LogP contribution in [0.4, 0.5) is 5.69 Å². The summed E-state index contributed by atoms with van der Waals surface area (Å²) in [5.74, 6) is -0.752. The summed E-state index contributed by atoms with van der Waals surface area (Å²) in [4.78, 5) is 13.4. The maximum Gasteiger partial charge on any atom is 0.341 e. The van der Waals surface area contributed by atoms with Gasteiger partial charge >= 0.3 is 5.97 Å². The van der Waals surface area contributed by atoms with E-state index in [0.29, 0.717) is 21.9 Å². The van der Waals surface area contributed by atoms with E-state index in [-0.39, 0.29) is 4.90 Å². The third kappa shape index (κ3) is 4.77. The van der Waals surface area contributed by atoms with Crippen LogP contribution in [0.5, 0.6) is 5.75 Å². The highest BCUT2D eigenvalue weighted by atomic mass is 35.5. The van der Waals surface area contributed by atoms with E-state index in [4.69, 9.17) is 21.4 Å². The number of carbonyl (C=O) groups is 1. The topological polar surface area (TPSA) is 83.9 Å². The molecule has 1 saturated heterocycles. The lowest BCUT2D eigenvalue weighted by Crippen LogP contribution is -2.29. The van der Waals surface area contributed by atoms with Crippen molar-refractivity contribution in [2.45, 2.75) is 24.2 Å². The Bertz CT molecular complexity index is 984. The molecule has 1 N–H and O–H groups in total. The van der Waals surface area contributed by atoms with Crippen LogP contribution >= 0.6 is 11.6 Å². The third-order valence-electron chi connectivity index (χ3n) is 4.68. The second kappa shape index (κ2) is 8.41. The summed E-state index contributed by atoms with van der Waals surface area (Å²) in [5, 5.41) is 9.41. The van der Waals surface area contributed by atoms with E-state index in [0.717, 1.165) is 44.3 Å². The van der Waals surface area contributed by atoms with Gasteiger partial charge in [-0.25, -0.2) is 13.2 Å². The van der Waals surface area contributed by atoms with E-state index in [2.05, 4.69) is 4.90 Å². The summed E-state index contributed by atoms with van der Waals surface area (Å²) in [6.45, 7) is 1.24. The van der Waals surface area contributed by atoms with Crippen LogP contribution in [0.25, 0.3) is 11.1 Å². The number of aliphatic carboxylic acids is 1. The van der Waals surface area contributed by atoms with E-state index >= 15 is 0 Å². The molecule has 0 unspecified atom stereocenters. The van der Waals surface area contributed by atoms with Crippen molar-refractivity contribution in [2.75, 3.05) is 30.9 Å². The van der Waals surface area contributed by atoms with Crippen molar-refractivity contribution in [1.82, 2.24) is 0 Å². The molecule has 1 heterocycles. The maximum atomic E-state index is 12.1. The Morgan fingerprint density at radius 3 is 2.46 bits per heavy atom. The molecule has 1 aliphatic heterocycles. The molecule has 6 nitrogen and oxygen atoms in total. The number of rotatable bonds is 6. The van der Waals surface area contributed by atoms with E-state index < -0.39 is 22.4 Å². The zero-order valence-corrected chi connectivity index (χ0v) is 17.1. The minimum atomic E-state index is -3.42. The molecule has 2 aromatic rings. The molecule has 28 heavy (non-hydrogen) atoms. The molecule has 0 saturated carbocycles. The van der Waals surface area contributed by atoms with Crippen molar-refractivity contribution in [2.24, 2.45) is 0 Å². The Balaban J connectivity index is 2.17. The van der Waals surface area contributed by atoms with Gasteiger partial charge in [-0.15, -0.1) is 0 Å². The average molecular weight is 424 g/mol. The predicted molar refractivity (Wildman–Crippen MR) is 109 cm³/mol. The molecule has 0 aromatic heterocycles. The second-order valence-corrected chi connectivity index (χ2v) is 9.27. The second-order valence-electron chi connectivity index (χ2n) is 6.82.